The smallest absolute Gasteiger partial charge is 0.262 e. The molecule has 1 heterocycles. The lowest BCUT2D eigenvalue weighted by molar-refractivity contribution is -0.130. The minimum Gasteiger partial charge on any atom is -0.455 e. The van der Waals surface area contributed by atoms with Gasteiger partial charge in [-0.2, -0.15) is 0 Å². The number of carbonyl (C=O) groups excluding carboxylic acids is 2. The van der Waals surface area contributed by atoms with Crippen LogP contribution in [0.1, 0.15) is 10.4 Å². The van der Waals surface area contributed by atoms with E-state index in [1.165, 1.54) is 30.3 Å². The van der Waals surface area contributed by atoms with Crippen molar-refractivity contribution in [3.05, 3.63) is 115 Å². The van der Waals surface area contributed by atoms with E-state index in [2.05, 4.69) is 10.0 Å². The molecule has 11 heteroatoms. The lowest BCUT2D eigenvalue weighted by Crippen LogP contribution is -2.51. The van der Waals surface area contributed by atoms with Crippen molar-refractivity contribution in [2.45, 2.75) is 4.90 Å². The normalized spacial score (nSPS) is 13.4. The molecule has 0 radical (unpaired) electrons. The second kappa shape index (κ2) is 12.7. The van der Waals surface area contributed by atoms with Gasteiger partial charge in [-0.15, -0.1) is 0 Å². The molecule has 0 atom stereocenters. The summed E-state index contributed by atoms with van der Waals surface area (Å²) >= 11 is 0. The Bertz CT molecular complexity index is 1660. The van der Waals surface area contributed by atoms with Crippen molar-refractivity contribution in [3.8, 4) is 11.5 Å². The fourth-order valence-electron chi connectivity index (χ4n) is 4.52. The van der Waals surface area contributed by atoms with E-state index in [0.29, 0.717) is 43.4 Å². The summed E-state index contributed by atoms with van der Waals surface area (Å²) in [6.45, 7) is 1.56. The minimum atomic E-state index is -3.99. The Labute approximate surface area is 243 Å². The van der Waals surface area contributed by atoms with Gasteiger partial charge in [-0.05, 0) is 60.7 Å². The number of carbonyl (C=O) groups is 2. The predicted octanol–water partition coefficient (Wildman–Crippen LogP) is 4.50. The zero-order chi connectivity index (χ0) is 29.5. The average molecular weight is 589 g/mol. The van der Waals surface area contributed by atoms with Gasteiger partial charge in [0.05, 0.1) is 22.8 Å². The molecule has 9 nitrogen and oxygen atoms in total. The number of hydrogen-bond acceptors (Lipinski definition) is 6. The first-order valence-electron chi connectivity index (χ1n) is 13.3. The molecular weight excluding hydrogens is 559 g/mol. The van der Waals surface area contributed by atoms with Crippen LogP contribution in [0.2, 0.25) is 0 Å². The van der Waals surface area contributed by atoms with E-state index in [9.17, 15) is 22.4 Å². The molecule has 216 valence electrons. The van der Waals surface area contributed by atoms with Crippen molar-refractivity contribution in [2.75, 3.05) is 42.3 Å². The first-order valence-corrected chi connectivity index (χ1v) is 14.8. The highest BCUT2D eigenvalue weighted by Gasteiger charge is 2.23. The standard InChI is InChI=1S/C31H29FN4O5S/c32-26-10-4-6-12-28(26)35-18-20-36(21-19-35)30(37)22-33-31(38)23-14-16-25(17-15-23)42(39,40)34-27-11-5-7-13-29(27)41-24-8-2-1-3-9-24/h1-17,34H,18-22H2,(H,33,38). The van der Waals surface area contributed by atoms with Gasteiger partial charge in [0.2, 0.25) is 5.91 Å². The van der Waals surface area contributed by atoms with Crippen LogP contribution in [-0.4, -0.2) is 57.9 Å². The molecule has 2 N–H and O–H groups in total. The van der Waals surface area contributed by atoms with Gasteiger partial charge in [0, 0.05) is 31.7 Å². The second-order valence-corrected chi connectivity index (χ2v) is 11.2. The van der Waals surface area contributed by atoms with Crippen molar-refractivity contribution in [1.82, 2.24) is 10.2 Å². The molecule has 1 saturated heterocycles. The largest absolute Gasteiger partial charge is 0.455 e. The first-order chi connectivity index (χ1) is 20.3. The Morgan fingerprint density at radius 1 is 0.786 bits per heavy atom. The van der Waals surface area contributed by atoms with Gasteiger partial charge >= 0.3 is 0 Å². The maximum absolute atomic E-state index is 14.1. The fraction of sp³-hybridized carbons (Fsp3) is 0.161. The second-order valence-electron chi connectivity index (χ2n) is 9.54. The molecule has 4 aromatic carbocycles. The zero-order valence-corrected chi connectivity index (χ0v) is 23.4. The van der Waals surface area contributed by atoms with Crippen LogP contribution in [-0.2, 0) is 14.8 Å². The third-order valence-electron chi connectivity index (χ3n) is 6.75. The number of amides is 2. The Hall–Kier alpha value is -4.90. The molecule has 0 bridgehead atoms. The summed E-state index contributed by atoms with van der Waals surface area (Å²) in [5, 5.41) is 2.59. The number of halogens is 1. The van der Waals surface area contributed by atoms with Gasteiger partial charge in [0.25, 0.3) is 15.9 Å². The van der Waals surface area contributed by atoms with Crippen LogP contribution >= 0.6 is 0 Å². The third kappa shape index (κ3) is 6.87. The van der Waals surface area contributed by atoms with Gasteiger partial charge in [-0.25, -0.2) is 12.8 Å². The molecule has 1 aliphatic rings. The number of nitrogens with one attached hydrogen (secondary N) is 2. The summed E-state index contributed by atoms with van der Waals surface area (Å²) in [5.41, 5.74) is 0.971. The minimum absolute atomic E-state index is 0.0441. The van der Waals surface area contributed by atoms with Crippen LogP contribution in [0.3, 0.4) is 0 Å². The molecule has 4 aromatic rings. The number of rotatable bonds is 9. The average Bonchev–Trinajstić information content (AvgIpc) is 3.01. The van der Waals surface area contributed by atoms with Crippen molar-refractivity contribution in [1.29, 1.82) is 0 Å². The zero-order valence-electron chi connectivity index (χ0n) is 22.6. The van der Waals surface area contributed by atoms with E-state index in [0.717, 1.165) is 0 Å². The fourth-order valence-corrected chi connectivity index (χ4v) is 5.59. The highest BCUT2D eigenvalue weighted by Crippen LogP contribution is 2.31. The summed E-state index contributed by atoms with van der Waals surface area (Å²) in [5.74, 6) is -0.173. The topological polar surface area (TPSA) is 108 Å². The van der Waals surface area contributed by atoms with Crippen molar-refractivity contribution in [3.63, 3.8) is 0 Å². The lowest BCUT2D eigenvalue weighted by Gasteiger charge is -2.36. The molecule has 0 saturated carbocycles. The van der Waals surface area contributed by atoms with Crippen molar-refractivity contribution >= 4 is 33.2 Å². The number of ether oxygens (including phenoxy) is 1. The van der Waals surface area contributed by atoms with Gasteiger partial charge in [0.15, 0.2) is 5.75 Å². The van der Waals surface area contributed by atoms with Crippen molar-refractivity contribution in [2.24, 2.45) is 0 Å². The molecule has 42 heavy (non-hydrogen) atoms. The number of anilines is 2. The Balaban J connectivity index is 1.15. The van der Waals surface area contributed by atoms with Crippen LogP contribution < -0.4 is 19.7 Å². The highest BCUT2D eigenvalue weighted by atomic mass is 32.2. The lowest BCUT2D eigenvalue weighted by atomic mass is 10.2. The van der Waals surface area contributed by atoms with Gasteiger partial charge in [-0.1, -0.05) is 42.5 Å². The molecular formula is C31H29FN4O5S. The summed E-state index contributed by atoms with van der Waals surface area (Å²) in [6.07, 6.45) is 0. The SMILES string of the molecule is O=C(NCC(=O)N1CCN(c2ccccc2F)CC1)c1ccc(S(=O)(=O)Nc2ccccc2Oc2ccccc2)cc1. The number of para-hydroxylation sites is 4. The monoisotopic (exact) mass is 588 g/mol. The third-order valence-corrected chi connectivity index (χ3v) is 8.14. The van der Waals surface area contributed by atoms with E-state index in [4.69, 9.17) is 4.74 Å². The van der Waals surface area contributed by atoms with E-state index in [1.54, 1.807) is 59.5 Å². The summed E-state index contributed by atoms with van der Waals surface area (Å²) < 4.78 is 48.6. The predicted molar refractivity (Wildman–Crippen MR) is 158 cm³/mol. The number of hydrogen-bond donors (Lipinski definition) is 2. The van der Waals surface area contributed by atoms with Crippen LogP contribution in [0.25, 0.3) is 0 Å². The van der Waals surface area contributed by atoms with Crippen LogP contribution in [0.4, 0.5) is 15.8 Å². The Morgan fingerprint density at radius 2 is 1.43 bits per heavy atom. The molecule has 0 aliphatic carbocycles. The summed E-state index contributed by atoms with van der Waals surface area (Å²) in [6, 6.07) is 27.6. The molecule has 1 aliphatic heterocycles. The van der Waals surface area contributed by atoms with E-state index < -0.39 is 15.9 Å². The quantitative estimate of drug-likeness (QED) is 0.298. The van der Waals surface area contributed by atoms with Crippen LogP contribution in [0.5, 0.6) is 11.5 Å². The van der Waals surface area contributed by atoms with Crippen LogP contribution in [0, 0.1) is 5.82 Å². The molecule has 0 aromatic heterocycles. The van der Waals surface area contributed by atoms with Gasteiger partial charge in [-0.3, -0.25) is 14.3 Å². The molecule has 2 amide bonds. The van der Waals surface area contributed by atoms with Gasteiger partial charge < -0.3 is 19.9 Å². The Morgan fingerprint density at radius 3 is 2.14 bits per heavy atom. The summed E-state index contributed by atoms with van der Waals surface area (Å²) in [7, 11) is -3.99. The number of benzene rings is 4. The molecule has 0 unspecified atom stereocenters. The number of sulfonamides is 1. The Kier molecular flexibility index (Phi) is 8.68. The maximum Gasteiger partial charge on any atom is 0.262 e. The van der Waals surface area contributed by atoms with E-state index in [-0.39, 0.29) is 34.4 Å². The van der Waals surface area contributed by atoms with E-state index >= 15 is 0 Å². The number of nitrogens with zero attached hydrogens (tertiary/aromatic N) is 2. The first kappa shape index (κ1) is 28.6. The van der Waals surface area contributed by atoms with Gasteiger partial charge in [0.1, 0.15) is 11.6 Å². The number of piperazine rings is 1. The van der Waals surface area contributed by atoms with Crippen molar-refractivity contribution < 1.29 is 27.1 Å². The maximum atomic E-state index is 14.1. The van der Waals surface area contributed by atoms with E-state index in [1.807, 2.05) is 23.1 Å². The molecule has 5 rings (SSSR count). The summed E-state index contributed by atoms with van der Waals surface area (Å²) in [4.78, 5) is 28.8. The highest BCUT2D eigenvalue weighted by molar-refractivity contribution is 7.92. The van der Waals surface area contributed by atoms with Crippen LogP contribution in [0.15, 0.2) is 108 Å². The molecule has 0 spiro atoms. The molecule has 1 fully saturated rings.